The molecule has 3 amide bonds. The zero-order chi connectivity index (χ0) is 24.9. The van der Waals surface area contributed by atoms with Crippen LogP contribution in [0.2, 0.25) is 0 Å². The van der Waals surface area contributed by atoms with Crippen molar-refractivity contribution in [2.24, 2.45) is 0 Å². The number of anilines is 1. The molecule has 3 aromatic rings. The fraction of sp³-hybridized carbons (Fsp3) is 0.304. The van der Waals surface area contributed by atoms with E-state index in [9.17, 15) is 27.2 Å². The quantitative estimate of drug-likeness (QED) is 0.440. The van der Waals surface area contributed by atoms with Gasteiger partial charge in [0.2, 0.25) is 17.7 Å². The second kappa shape index (κ2) is 8.68. The highest BCUT2D eigenvalue weighted by atomic mass is 32.2. The molecule has 2 heterocycles. The van der Waals surface area contributed by atoms with Crippen LogP contribution < -0.4 is 16.0 Å². The number of hydrogen-bond acceptors (Lipinski definition) is 7. The zero-order valence-corrected chi connectivity index (χ0v) is 20.2. The molecule has 12 heteroatoms. The molecule has 1 aliphatic carbocycles. The van der Waals surface area contributed by atoms with Crippen molar-refractivity contribution in [1.82, 2.24) is 15.6 Å². The van der Waals surface area contributed by atoms with Crippen LogP contribution in [0.5, 0.6) is 0 Å². The van der Waals surface area contributed by atoms with Crippen molar-refractivity contribution >= 4 is 54.8 Å². The summed E-state index contributed by atoms with van der Waals surface area (Å²) in [5.74, 6) is -1.96. The number of hydrogen-bond donors (Lipinski definition) is 3. The molecular formula is C23H21FN4O5S2. The van der Waals surface area contributed by atoms with Crippen molar-refractivity contribution in [3.8, 4) is 11.1 Å². The maximum atomic E-state index is 15.0. The first-order chi connectivity index (χ1) is 16.6. The van der Waals surface area contributed by atoms with Crippen LogP contribution in [0.1, 0.15) is 28.7 Å². The number of halogens is 1. The van der Waals surface area contributed by atoms with E-state index in [2.05, 4.69) is 20.9 Å². The Labute approximate surface area is 204 Å². The number of thiazole rings is 1. The van der Waals surface area contributed by atoms with Crippen molar-refractivity contribution in [3.05, 3.63) is 46.7 Å². The molecule has 0 bridgehead atoms. The second-order valence-electron chi connectivity index (χ2n) is 8.72. The summed E-state index contributed by atoms with van der Waals surface area (Å²) in [4.78, 5) is 40.5. The topological polar surface area (TPSA) is 134 Å². The monoisotopic (exact) mass is 516 g/mol. The lowest BCUT2D eigenvalue weighted by atomic mass is 10.0. The number of amides is 3. The van der Waals surface area contributed by atoms with E-state index in [0.717, 1.165) is 36.0 Å². The van der Waals surface area contributed by atoms with Crippen LogP contribution in [-0.2, 0) is 30.6 Å². The molecule has 0 radical (unpaired) electrons. The van der Waals surface area contributed by atoms with Gasteiger partial charge in [0.25, 0.3) is 0 Å². The molecule has 2 aliphatic rings. The Kier molecular flexibility index (Phi) is 5.80. The van der Waals surface area contributed by atoms with E-state index in [-0.39, 0.29) is 41.0 Å². The Morgan fingerprint density at radius 2 is 2.03 bits per heavy atom. The van der Waals surface area contributed by atoms with E-state index >= 15 is 0 Å². The summed E-state index contributed by atoms with van der Waals surface area (Å²) in [6.45, 7) is -0.347. The molecule has 35 heavy (non-hydrogen) atoms. The average Bonchev–Trinajstić information content (AvgIpc) is 3.36. The number of nitrogens with one attached hydrogen (secondary N) is 3. The summed E-state index contributed by atoms with van der Waals surface area (Å²) in [5.41, 5.74) is 2.46. The standard InChI is InChI=1S/C23H21FN4O5S2/c1-35(32,33)21(22(31)25-10-20(30)26-13-4-5-13)23-28-17-9-15(24)14(8-18(17)34-23)11-2-3-12-7-19(29)27-16(12)6-11/h2-3,6,8-9,13,21H,4-5,7,10H2,1H3,(H,25,31)(H,26,30)(H,27,29). The van der Waals surface area contributed by atoms with Gasteiger partial charge in [-0.1, -0.05) is 12.1 Å². The molecule has 3 N–H and O–H groups in total. The van der Waals surface area contributed by atoms with Gasteiger partial charge in [0.05, 0.1) is 23.2 Å². The number of rotatable bonds is 7. The number of nitrogens with zero attached hydrogens (tertiary/aromatic N) is 1. The maximum absolute atomic E-state index is 15.0. The van der Waals surface area contributed by atoms with Crippen molar-refractivity contribution in [2.75, 3.05) is 18.1 Å². The molecule has 9 nitrogen and oxygen atoms in total. The SMILES string of the molecule is CS(=O)(=O)C(C(=O)NCC(=O)NC1CC1)c1nc2cc(F)c(-c3ccc4c(c3)NC(=O)C4)cc2s1. The van der Waals surface area contributed by atoms with Gasteiger partial charge in [0.1, 0.15) is 10.8 Å². The molecule has 1 atom stereocenters. The summed E-state index contributed by atoms with van der Waals surface area (Å²) in [6, 6.07) is 8.01. The molecule has 1 aliphatic heterocycles. The van der Waals surface area contributed by atoms with Crippen LogP contribution >= 0.6 is 11.3 Å². The molecule has 1 unspecified atom stereocenters. The van der Waals surface area contributed by atoms with Crippen LogP contribution in [0.4, 0.5) is 10.1 Å². The fourth-order valence-electron chi connectivity index (χ4n) is 3.94. The number of fused-ring (bicyclic) bond motifs is 2. The molecule has 0 spiro atoms. The van der Waals surface area contributed by atoms with Crippen molar-refractivity contribution in [3.63, 3.8) is 0 Å². The third-order valence-corrected chi connectivity index (χ3v) is 8.32. The van der Waals surface area contributed by atoms with Gasteiger partial charge in [-0.25, -0.2) is 17.8 Å². The van der Waals surface area contributed by atoms with E-state index in [1.807, 2.05) is 0 Å². The van der Waals surface area contributed by atoms with Crippen LogP contribution in [-0.4, -0.2) is 50.0 Å². The predicted octanol–water partition coefficient (Wildman–Crippen LogP) is 2.08. The predicted molar refractivity (Wildman–Crippen MR) is 129 cm³/mol. The summed E-state index contributed by atoms with van der Waals surface area (Å²) in [7, 11) is -3.94. The zero-order valence-electron chi connectivity index (χ0n) is 18.6. The molecule has 182 valence electrons. The molecule has 1 aromatic heterocycles. The first-order valence-electron chi connectivity index (χ1n) is 10.9. The van der Waals surface area contributed by atoms with Gasteiger partial charge < -0.3 is 16.0 Å². The lowest BCUT2D eigenvalue weighted by molar-refractivity contribution is -0.126. The lowest BCUT2D eigenvalue weighted by Gasteiger charge is -2.12. The number of benzene rings is 2. The minimum atomic E-state index is -3.94. The van der Waals surface area contributed by atoms with Gasteiger partial charge in [-0.2, -0.15) is 0 Å². The normalized spacial score (nSPS) is 16.0. The maximum Gasteiger partial charge on any atom is 0.245 e. The minimum Gasteiger partial charge on any atom is -0.352 e. The van der Waals surface area contributed by atoms with E-state index in [1.165, 1.54) is 6.07 Å². The van der Waals surface area contributed by atoms with Gasteiger partial charge in [-0.05, 0) is 36.1 Å². The number of sulfone groups is 1. The van der Waals surface area contributed by atoms with Gasteiger partial charge in [-0.3, -0.25) is 14.4 Å². The van der Waals surface area contributed by atoms with Gasteiger partial charge >= 0.3 is 0 Å². The van der Waals surface area contributed by atoms with Gasteiger partial charge in [0, 0.05) is 29.6 Å². The average molecular weight is 517 g/mol. The van der Waals surface area contributed by atoms with Crippen LogP contribution in [0.25, 0.3) is 21.3 Å². The summed E-state index contributed by atoms with van der Waals surface area (Å²) in [6.07, 6.45) is 2.96. The Morgan fingerprint density at radius 3 is 2.74 bits per heavy atom. The van der Waals surface area contributed by atoms with Crippen LogP contribution in [0.3, 0.4) is 0 Å². The summed E-state index contributed by atoms with van der Waals surface area (Å²) in [5, 5.41) is 6.17. The van der Waals surface area contributed by atoms with Gasteiger partial charge in [0.15, 0.2) is 15.1 Å². The third kappa shape index (κ3) is 4.89. The Bertz CT molecular complexity index is 1500. The fourth-order valence-corrected chi connectivity index (χ4v) is 6.47. The van der Waals surface area contributed by atoms with Crippen LogP contribution in [0.15, 0.2) is 30.3 Å². The van der Waals surface area contributed by atoms with Crippen LogP contribution in [0, 0.1) is 5.82 Å². The molecule has 1 fully saturated rings. The molecule has 0 saturated heterocycles. The summed E-state index contributed by atoms with van der Waals surface area (Å²) < 4.78 is 40.4. The Balaban J connectivity index is 1.44. The molecular weight excluding hydrogens is 495 g/mol. The number of carbonyl (C=O) groups is 3. The molecule has 1 saturated carbocycles. The second-order valence-corrected chi connectivity index (χ2v) is 11.9. The van der Waals surface area contributed by atoms with Crippen molar-refractivity contribution in [2.45, 2.75) is 30.6 Å². The van der Waals surface area contributed by atoms with E-state index in [4.69, 9.17) is 0 Å². The number of aromatic nitrogens is 1. The first kappa shape index (κ1) is 23.4. The minimum absolute atomic E-state index is 0.0135. The smallest absolute Gasteiger partial charge is 0.245 e. The van der Waals surface area contributed by atoms with E-state index in [0.29, 0.717) is 16.0 Å². The highest BCUT2D eigenvalue weighted by Crippen LogP contribution is 2.36. The largest absolute Gasteiger partial charge is 0.352 e. The summed E-state index contributed by atoms with van der Waals surface area (Å²) >= 11 is 0.971. The van der Waals surface area contributed by atoms with Gasteiger partial charge in [-0.15, -0.1) is 11.3 Å². The van der Waals surface area contributed by atoms with Crippen molar-refractivity contribution in [1.29, 1.82) is 0 Å². The van der Waals surface area contributed by atoms with E-state index in [1.54, 1.807) is 24.3 Å². The molecule has 2 aromatic carbocycles. The number of carbonyl (C=O) groups excluding carboxylic acids is 3. The molecule has 5 rings (SSSR count). The Hall–Kier alpha value is -3.38. The highest BCUT2D eigenvalue weighted by molar-refractivity contribution is 7.91. The van der Waals surface area contributed by atoms with Crippen molar-refractivity contribution < 1.29 is 27.2 Å². The third-order valence-electron chi connectivity index (χ3n) is 5.80. The van der Waals surface area contributed by atoms with E-state index < -0.39 is 32.7 Å². The first-order valence-corrected chi connectivity index (χ1v) is 13.6. The lowest BCUT2D eigenvalue weighted by Crippen LogP contribution is -2.41. The Morgan fingerprint density at radius 1 is 1.26 bits per heavy atom. The highest BCUT2D eigenvalue weighted by Gasteiger charge is 2.34.